The third kappa shape index (κ3) is 5.63. The van der Waals surface area contributed by atoms with Crippen molar-refractivity contribution in [2.45, 2.75) is 12.3 Å². The molecule has 4 aromatic heterocycles. The summed E-state index contributed by atoms with van der Waals surface area (Å²) in [6, 6.07) is 64.4. The second-order valence-electron chi connectivity index (χ2n) is 16.4. The van der Waals surface area contributed by atoms with E-state index in [0.29, 0.717) is 0 Å². The fraction of sp³-hybridized carbons (Fsp3) is 0.0345. The molecule has 0 aliphatic heterocycles. The Labute approximate surface area is 362 Å². The van der Waals surface area contributed by atoms with Crippen LogP contribution < -0.4 is 0 Å². The second-order valence-corrected chi connectivity index (χ2v) is 16.4. The van der Waals surface area contributed by atoms with E-state index in [1.807, 2.05) is 18.2 Å². The van der Waals surface area contributed by atoms with Crippen molar-refractivity contribution in [2.75, 3.05) is 0 Å². The first-order valence-corrected chi connectivity index (χ1v) is 21.5. The third-order valence-corrected chi connectivity index (χ3v) is 12.7. The van der Waals surface area contributed by atoms with E-state index in [1.54, 1.807) is 0 Å². The molecular formula is C58H37N3O2. The monoisotopic (exact) mass is 807 g/mol. The van der Waals surface area contributed by atoms with Gasteiger partial charge in [-0.3, -0.25) is 0 Å². The van der Waals surface area contributed by atoms with Crippen LogP contribution in [0.4, 0.5) is 0 Å². The summed E-state index contributed by atoms with van der Waals surface area (Å²) in [7, 11) is 0. The van der Waals surface area contributed by atoms with Crippen molar-refractivity contribution >= 4 is 65.7 Å². The molecule has 8 aromatic carbocycles. The lowest BCUT2D eigenvalue weighted by Gasteiger charge is -2.21. The number of hydrogen-bond acceptors (Lipinski definition) is 4. The molecule has 12 aromatic rings. The predicted octanol–water partition coefficient (Wildman–Crippen LogP) is 15.6. The molecule has 1 atom stereocenters. The van der Waals surface area contributed by atoms with Gasteiger partial charge in [0.1, 0.15) is 28.2 Å². The van der Waals surface area contributed by atoms with Gasteiger partial charge in [-0.15, -0.1) is 0 Å². The van der Waals surface area contributed by atoms with Crippen LogP contribution in [-0.2, 0) is 0 Å². The maximum atomic E-state index is 6.95. The van der Waals surface area contributed by atoms with E-state index in [0.717, 1.165) is 128 Å². The van der Waals surface area contributed by atoms with Gasteiger partial charge in [-0.05, 0) is 72.1 Å². The smallest absolute Gasteiger partial charge is 0.147 e. The maximum Gasteiger partial charge on any atom is 0.147 e. The fourth-order valence-corrected chi connectivity index (χ4v) is 9.80. The molecule has 296 valence electrons. The summed E-state index contributed by atoms with van der Waals surface area (Å²) in [6.07, 6.45) is 9.47. The standard InChI is InChI=1S/C58H37N3O2/c1-5-17-36(18-6-1)45-33-40(48-35-47(38-21-9-3-10-22-38)59-58(60-48)39-23-11-4-12-24-39)34-46(37-19-7-2-8-20-37)55(45)61-49-27-15-13-26-43(49)53-50(61)31-29-44-54-52(63-57(44)53)32-30-42-41-25-14-16-28-51(41)62-56(42)54/h1-23,25-35,39H,24H2. The summed E-state index contributed by atoms with van der Waals surface area (Å²) < 4.78 is 16.0. The molecule has 0 bridgehead atoms. The van der Waals surface area contributed by atoms with Crippen molar-refractivity contribution in [3.63, 3.8) is 0 Å². The van der Waals surface area contributed by atoms with Crippen LogP contribution in [0.2, 0.25) is 0 Å². The third-order valence-electron chi connectivity index (χ3n) is 12.7. The first-order chi connectivity index (χ1) is 31.2. The number of para-hydroxylation sites is 2. The molecule has 0 spiro atoms. The predicted molar refractivity (Wildman–Crippen MR) is 258 cm³/mol. The van der Waals surface area contributed by atoms with Crippen LogP contribution in [0.15, 0.2) is 215 Å². The molecule has 0 amide bonds. The Bertz CT molecular complexity index is 3760. The van der Waals surface area contributed by atoms with Gasteiger partial charge in [0.15, 0.2) is 0 Å². The minimum absolute atomic E-state index is 0.0782. The fourth-order valence-electron chi connectivity index (χ4n) is 9.80. The van der Waals surface area contributed by atoms with Crippen molar-refractivity contribution in [1.29, 1.82) is 0 Å². The summed E-state index contributed by atoms with van der Waals surface area (Å²) in [6.45, 7) is 0. The molecule has 63 heavy (non-hydrogen) atoms. The summed E-state index contributed by atoms with van der Waals surface area (Å²) in [5.74, 6) is 0.894. The van der Waals surface area contributed by atoms with Gasteiger partial charge in [-0.25, -0.2) is 9.97 Å². The SMILES string of the molecule is C1=CCC(c2nc(-c3ccccc3)cc(-c3cc(-c4ccccc4)c(-n4c5ccccc5c5c6oc7ccc8c9ccccc9oc8c7c6ccc54)c(-c4ccccc4)c3)n2)C=C1. The van der Waals surface area contributed by atoms with E-state index in [1.165, 1.54) is 0 Å². The molecular weight excluding hydrogens is 771 g/mol. The molecule has 0 fully saturated rings. The van der Waals surface area contributed by atoms with Crippen LogP contribution in [0.5, 0.6) is 0 Å². The molecule has 0 saturated heterocycles. The van der Waals surface area contributed by atoms with Crippen molar-refractivity contribution in [3.8, 4) is 50.5 Å². The quantitative estimate of drug-likeness (QED) is 0.168. The minimum atomic E-state index is 0.0782. The zero-order chi connectivity index (χ0) is 41.4. The summed E-state index contributed by atoms with van der Waals surface area (Å²) in [4.78, 5) is 10.6. The van der Waals surface area contributed by atoms with E-state index < -0.39 is 0 Å². The Kier molecular flexibility index (Phi) is 7.97. The molecule has 1 aliphatic rings. The van der Waals surface area contributed by atoms with Gasteiger partial charge in [0.25, 0.3) is 0 Å². The Balaban J connectivity index is 1.13. The molecule has 0 saturated carbocycles. The number of benzene rings is 8. The molecule has 13 rings (SSSR count). The number of allylic oxidation sites excluding steroid dienone is 4. The van der Waals surface area contributed by atoms with Crippen LogP contribution in [0.3, 0.4) is 0 Å². The van der Waals surface area contributed by atoms with Gasteiger partial charge in [0, 0.05) is 49.7 Å². The average Bonchev–Trinajstić information content (AvgIpc) is 4.04. The molecule has 0 radical (unpaired) electrons. The minimum Gasteiger partial charge on any atom is -0.455 e. The van der Waals surface area contributed by atoms with Gasteiger partial charge in [-0.1, -0.05) is 152 Å². The number of hydrogen-bond donors (Lipinski definition) is 0. The molecule has 0 N–H and O–H groups in total. The number of fused-ring (bicyclic) bond motifs is 11. The van der Waals surface area contributed by atoms with E-state index in [2.05, 4.69) is 193 Å². The van der Waals surface area contributed by atoms with Crippen LogP contribution >= 0.6 is 0 Å². The lowest BCUT2D eigenvalue weighted by Crippen LogP contribution is -2.06. The first kappa shape index (κ1) is 35.5. The zero-order valence-electron chi connectivity index (χ0n) is 34.1. The Morgan fingerprint density at radius 3 is 1.76 bits per heavy atom. The highest BCUT2D eigenvalue weighted by Crippen LogP contribution is 2.48. The number of nitrogens with zero attached hydrogens (tertiary/aromatic N) is 3. The summed E-state index contributed by atoms with van der Waals surface area (Å²) in [5.41, 5.74) is 14.8. The Morgan fingerprint density at radius 2 is 1.05 bits per heavy atom. The van der Waals surface area contributed by atoms with Gasteiger partial charge in [0.2, 0.25) is 0 Å². The maximum absolute atomic E-state index is 6.95. The highest BCUT2D eigenvalue weighted by molar-refractivity contribution is 6.29. The van der Waals surface area contributed by atoms with Crippen LogP contribution in [0.1, 0.15) is 18.2 Å². The van der Waals surface area contributed by atoms with Crippen molar-refractivity contribution < 1.29 is 8.83 Å². The van der Waals surface area contributed by atoms with E-state index in [9.17, 15) is 0 Å². The lowest BCUT2D eigenvalue weighted by atomic mass is 9.91. The largest absolute Gasteiger partial charge is 0.455 e. The zero-order valence-corrected chi connectivity index (χ0v) is 34.1. The molecule has 5 nitrogen and oxygen atoms in total. The average molecular weight is 808 g/mol. The molecule has 5 heteroatoms. The van der Waals surface area contributed by atoms with Crippen LogP contribution in [-0.4, -0.2) is 14.5 Å². The number of aromatic nitrogens is 3. The normalized spacial score (nSPS) is 14.0. The van der Waals surface area contributed by atoms with Crippen molar-refractivity contribution in [1.82, 2.24) is 14.5 Å². The van der Waals surface area contributed by atoms with Gasteiger partial charge < -0.3 is 13.4 Å². The van der Waals surface area contributed by atoms with Gasteiger partial charge >= 0.3 is 0 Å². The summed E-state index contributed by atoms with van der Waals surface area (Å²) >= 11 is 0. The number of furan rings is 2. The second kappa shape index (κ2) is 14.2. The van der Waals surface area contributed by atoms with Crippen LogP contribution in [0, 0.1) is 0 Å². The van der Waals surface area contributed by atoms with E-state index in [-0.39, 0.29) is 5.92 Å². The Hall–Kier alpha value is -8.28. The van der Waals surface area contributed by atoms with Crippen LogP contribution in [0.25, 0.3) is 116 Å². The molecule has 1 aliphatic carbocycles. The first-order valence-electron chi connectivity index (χ1n) is 21.5. The molecule has 4 heterocycles. The van der Waals surface area contributed by atoms with Gasteiger partial charge in [0.05, 0.1) is 38.9 Å². The summed E-state index contributed by atoms with van der Waals surface area (Å²) in [5, 5.41) is 6.39. The van der Waals surface area contributed by atoms with Gasteiger partial charge in [-0.2, -0.15) is 0 Å². The van der Waals surface area contributed by atoms with E-state index >= 15 is 0 Å². The Morgan fingerprint density at radius 1 is 0.444 bits per heavy atom. The lowest BCUT2D eigenvalue weighted by molar-refractivity contribution is 0.665. The van der Waals surface area contributed by atoms with Crippen molar-refractivity contribution in [2.24, 2.45) is 0 Å². The van der Waals surface area contributed by atoms with Crippen molar-refractivity contribution in [3.05, 3.63) is 212 Å². The molecule has 1 unspecified atom stereocenters. The topological polar surface area (TPSA) is 57.0 Å². The number of rotatable bonds is 6. The van der Waals surface area contributed by atoms with E-state index in [4.69, 9.17) is 18.8 Å². The highest BCUT2D eigenvalue weighted by Gasteiger charge is 2.26. The highest BCUT2D eigenvalue weighted by atomic mass is 16.3.